The number of nitrogens with zero attached hydrogens (tertiary/aromatic N) is 1. The lowest BCUT2D eigenvalue weighted by molar-refractivity contribution is 0.426. The summed E-state index contributed by atoms with van der Waals surface area (Å²) in [6.07, 6.45) is 2.33. The second-order valence-electron chi connectivity index (χ2n) is 3.31. The van der Waals surface area contributed by atoms with Crippen LogP contribution in [-0.2, 0) is 6.42 Å². The van der Waals surface area contributed by atoms with Crippen LogP contribution >= 0.6 is 0 Å². The fraction of sp³-hybridized carbons (Fsp3) is 0.100. The summed E-state index contributed by atoms with van der Waals surface area (Å²) in [4.78, 5) is 0. The molecule has 4 nitrogen and oxygen atoms in total. The zero-order valence-corrected chi connectivity index (χ0v) is 8.14. The maximum absolute atomic E-state index is 9.22. The van der Waals surface area contributed by atoms with Gasteiger partial charge >= 0.3 is 7.12 Å². The number of hydrogen-bond acceptors (Lipinski definition) is 3. The summed E-state index contributed by atoms with van der Waals surface area (Å²) in [7, 11) is -1.48. The number of fused-ring (bicyclic) bond motifs is 1. The highest BCUT2D eigenvalue weighted by Crippen LogP contribution is 2.14. The van der Waals surface area contributed by atoms with Crippen molar-refractivity contribution in [3.8, 4) is 0 Å². The lowest BCUT2D eigenvalue weighted by Gasteiger charge is -2.02. The van der Waals surface area contributed by atoms with E-state index in [-0.39, 0.29) is 0 Å². The number of aromatic nitrogens is 2. The molecule has 2 rings (SSSR count). The van der Waals surface area contributed by atoms with Gasteiger partial charge < -0.3 is 10.0 Å². The van der Waals surface area contributed by atoms with Crippen LogP contribution in [0.1, 0.15) is 5.69 Å². The van der Waals surface area contributed by atoms with E-state index >= 15 is 0 Å². The predicted octanol–water partition coefficient (Wildman–Crippen LogP) is -0.0288. The van der Waals surface area contributed by atoms with Gasteiger partial charge in [0, 0.05) is 11.8 Å². The van der Waals surface area contributed by atoms with Gasteiger partial charge in [-0.1, -0.05) is 18.2 Å². The van der Waals surface area contributed by atoms with E-state index in [1.165, 1.54) is 0 Å². The Hall–Kier alpha value is -1.59. The van der Waals surface area contributed by atoms with E-state index in [1.807, 2.05) is 6.07 Å². The molecule has 2 aromatic rings. The van der Waals surface area contributed by atoms with Crippen molar-refractivity contribution in [1.82, 2.24) is 10.2 Å². The lowest BCUT2D eigenvalue weighted by atomic mass is 9.77. The van der Waals surface area contributed by atoms with Gasteiger partial charge in [0.25, 0.3) is 0 Å². The van der Waals surface area contributed by atoms with E-state index in [0.717, 1.165) is 16.6 Å². The normalized spacial score (nSPS) is 10.5. The minimum atomic E-state index is -1.48. The zero-order valence-electron chi connectivity index (χ0n) is 8.14. The molecule has 76 valence electrons. The molecular weight excluding hydrogens is 191 g/mol. The summed E-state index contributed by atoms with van der Waals surface area (Å²) >= 11 is 0. The summed E-state index contributed by atoms with van der Waals surface area (Å²) in [6.45, 7) is 3.64. The molecule has 0 aliphatic rings. The van der Waals surface area contributed by atoms with Crippen molar-refractivity contribution in [2.45, 2.75) is 6.42 Å². The van der Waals surface area contributed by atoms with Crippen LogP contribution in [0.15, 0.2) is 30.9 Å². The maximum atomic E-state index is 9.22. The van der Waals surface area contributed by atoms with Gasteiger partial charge in [-0.2, -0.15) is 5.10 Å². The molecule has 0 aliphatic carbocycles. The molecule has 15 heavy (non-hydrogen) atoms. The van der Waals surface area contributed by atoms with Gasteiger partial charge in [0.15, 0.2) is 0 Å². The molecule has 0 bridgehead atoms. The van der Waals surface area contributed by atoms with Gasteiger partial charge in [-0.15, -0.1) is 6.58 Å². The van der Waals surface area contributed by atoms with Crippen LogP contribution in [0.5, 0.6) is 0 Å². The van der Waals surface area contributed by atoms with Crippen molar-refractivity contribution >= 4 is 23.5 Å². The summed E-state index contributed by atoms with van der Waals surface area (Å²) in [5, 5.41) is 26.2. The van der Waals surface area contributed by atoms with E-state index in [0.29, 0.717) is 11.9 Å². The Labute approximate surface area is 87.4 Å². The molecule has 1 aromatic carbocycles. The van der Waals surface area contributed by atoms with Crippen molar-refractivity contribution in [2.75, 3.05) is 0 Å². The molecule has 0 unspecified atom stereocenters. The fourth-order valence-electron chi connectivity index (χ4n) is 1.67. The van der Waals surface area contributed by atoms with Gasteiger partial charge in [-0.3, -0.25) is 5.10 Å². The summed E-state index contributed by atoms with van der Waals surface area (Å²) in [6, 6.07) is 5.28. The average molecular weight is 202 g/mol. The standard InChI is InChI=1S/C10H11BN2O2/c1-2-4-8-10-7(11(14)15)5-3-6-9(10)13-12-8/h2-3,5-6,14-15H,1,4H2,(H,12,13). The second kappa shape index (κ2) is 3.88. The van der Waals surface area contributed by atoms with Crippen LogP contribution in [0.4, 0.5) is 0 Å². The van der Waals surface area contributed by atoms with Crippen molar-refractivity contribution in [3.05, 3.63) is 36.5 Å². The molecule has 0 saturated heterocycles. The molecule has 0 aliphatic heterocycles. The third-order valence-electron chi connectivity index (χ3n) is 2.31. The highest BCUT2D eigenvalue weighted by Gasteiger charge is 2.17. The van der Waals surface area contributed by atoms with Crippen LogP contribution in [0, 0.1) is 0 Å². The van der Waals surface area contributed by atoms with Gasteiger partial charge in [0.2, 0.25) is 0 Å². The van der Waals surface area contributed by atoms with Crippen molar-refractivity contribution in [1.29, 1.82) is 0 Å². The number of benzene rings is 1. The number of nitrogens with one attached hydrogen (secondary N) is 1. The number of H-pyrrole nitrogens is 1. The SMILES string of the molecule is C=CCc1n[nH]c2cccc(B(O)O)c12. The third kappa shape index (κ3) is 1.67. The molecule has 0 saturated carbocycles. The Morgan fingerprint density at radius 3 is 2.93 bits per heavy atom. The van der Waals surface area contributed by atoms with E-state index in [1.54, 1.807) is 18.2 Å². The lowest BCUT2D eigenvalue weighted by Crippen LogP contribution is -2.30. The molecule has 5 heteroatoms. The Kier molecular flexibility index (Phi) is 2.57. The van der Waals surface area contributed by atoms with E-state index in [2.05, 4.69) is 16.8 Å². The Morgan fingerprint density at radius 1 is 1.47 bits per heavy atom. The average Bonchev–Trinajstić information content (AvgIpc) is 2.62. The van der Waals surface area contributed by atoms with E-state index < -0.39 is 7.12 Å². The fourth-order valence-corrected chi connectivity index (χ4v) is 1.67. The quantitative estimate of drug-likeness (QED) is 0.483. The number of allylic oxidation sites excluding steroid dienone is 1. The molecule has 1 aromatic heterocycles. The Balaban J connectivity index is 2.68. The van der Waals surface area contributed by atoms with Gasteiger partial charge in [-0.05, 0) is 11.5 Å². The summed E-state index contributed by atoms with van der Waals surface area (Å²) < 4.78 is 0. The van der Waals surface area contributed by atoms with Crippen molar-refractivity contribution in [2.24, 2.45) is 0 Å². The van der Waals surface area contributed by atoms with Crippen LogP contribution < -0.4 is 5.46 Å². The summed E-state index contributed by atoms with van der Waals surface area (Å²) in [5.74, 6) is 0. The first-order valence-electron chi connectivity index (χ1n) is 4.67. The first-order chi connectivity index (χ1) is 7.24. The minimum Gasteiger partial charge on any atom is -0.423 e. The van der Waals surface area contributed by atoms with Gasteiger partial charge in [-0.25, -0.2) is 0 Å². The number of rotatable bonds is 3. The predicted molar refractivity (Wildman–Crippen MR) is 59.8 cm³/mol. The maximum Gasteiger partial charge on any atom is 0.489 e. The Bertz CT molecular complexity index is 493. The number of aromatic amines is 1. The van der Waals surface area contributed by atoms with Crippen LogP contribution in [-0.4, -0.2) is 27.4 Å². The summed E-state index contributed by atoms with van der Waals surface area (Å²) in [5.41, 5.74) is 2.05. The minimum absolute atomic E-state index is 0.470. The van der Waals surface area contributed by atoms with Crippen molar-refractivity contribution < 1.29 is 10.0 Å². The molecule has 0 spiro atoms. The molecule has 1 heterocycles. The first-order valence-corrected chi connectivity index (χ1v) is 4.67. The molecular formula is C10H11BN2O2. The van der Waals surface area contributed by atoms with Gasteiger partial charge in [0.1, 0.15) is 0 Å². The molecule has 0 fully saturated rings. The van der Waals surface area contributed by atoms with Crippen molar-refractivity contribution in [3.63, 3.8) is 0 Å². The topological polar surface area (TPSA) is 69.1 Å². The van der Waals surface area contributed by atoms with Crippen LogP contribution in [0.3, 0.4) is 0 Å². The van der Waals surface area contributed by atoms with Gasteiger partial charge in [0.05, 0.1) is 11.2 Å². The van der Waals surface area contributed by atoms with Crippen LogP contribution in [0.2, 0.25) is 0 Å². The molecule has 0 atom stereocenters. The van der Waals surface area contributed by atoms with E-state index in [4.69, 9.17) is 0 Å². The van der Waals surface area contributed by atoms with Crippen LogP contribution in [0.25, 0.3) is 10.9 Å². The monoisotopic (exact) mass is 202 g/mol. The largest absolute Gasteiger partial charge is 0.489 e. The highest BCUT2D eigenvalue weighted by atomic mass is 16.4. The second-order valence-corrected chi connectivity index (χ2v) is 3.31. The Morgan fingerprint density at radius 2 is 2.27 bits per heavy atom. The first kappa shape index (κ1) is 9.95. The molecule has 0 amide bonds. The third-order valence-corrected chi connectivity index (χ3v) is 2.31. The highest BCUT2D eigenvalue weighted by molar-refractivity contribution is 6.62. The molecule has 0 radical (unpaired) electrons. The molecule has 3 N–H and O–H groups in total. The zero-order chi connectivity index (χ0) is 10.8. The van der Waals surface area contributed by atoms with E-state index in [9.17, 15) is 10.0 Å². The number of hydrogen-bond donors (Lipinski definition) is 3. The smallest absolute Gasteiger partial charge is 0.423 e.